The summed E-state index contributed by atoms with van der Waals surface area (Å²) in [7, 11) is 0. The lowest BCUT2D eigenvalue weighted by Crippen LogP contribution is -2.49. The monoisotopic (exact) mass is 410 g/mol. The Morgan fingerprint density at radius 2 is 1.63 bits per heavy atom. The SMILES string of the molecule is O=C(CN1C(=O)CCc2ccccc21)NCCN1CCN(c2ccccc2F)CC1. The Morgan fingerprint density at radius 1 is 0.933 bits per heavy atom. The summed E-state index contributed by atoms with van der Waals surface area (Å²) < 4.78 is 13.9. The van der Waals surface area contributed by atoms with E-state index < -0.39 is 0 Å². The van der Waals surface area contributed by atoms with Crippen LogP contribution in [0, 0.1) is 5.82 Å². The lowest BCUT2D eigenvalue weighted by atomic mass is 10.0. The summed E-state index contributed by atoms with van der Waals surface area (Å²) in [5.74, 6) is -0.342. The van der Waals surface area contributed by atoms with E-state index in [2.05, 4.69) is 15.1 Å². The summed E-state index contributed by atoms with van der Waals surface area (Å²) in [6.45, 7) is 4.48. The van der Waals surface area contributed by atoms with Crippen LogP contribution in [0.3, 0.4) is 0 Å². The fraction of sp³-hybridized carbons (Fsp3) is 0.391. The Labute approximate surface area is 176 Å². The molecule has 7 heteroatoms. The van der Waals surface area contributed by atoms with Crippen molar-refractivity contribution >= 4 is 23.2 Å². The average Bonchev–Trinajstić information content (AvgIpc) is 2.77. The van der Waals surface area contributed by atoms with Gasteiger partial charge in [-0.2, -0.15) is 0 Å². The van der Waals surface area contributed by atoms with Crippen LogP contribution in [0.2, 0.25) is 0 Å². The normalized spacial score (nSPS) is 17.0. The lowest BCUT2D eigenvalue weighted by Gasteiger charge is -2.36. The summed E-state index contributed by atoms with van der Waals surface area (Å²) >= 11 is 0. The van der Waals surface area contributed by atoms with Gasteiger partial charge in [-0.25, -0.2) is 4.39 Å². The average molecular weight is 410 g/mol. The molecule has 0 radical (unpaired) electrons. The third kappa shape index (κ3) is 4.62. The first-order valence-corrected chi connectivity index (χ1v) is 10.5. The fourth-order valence-electron chi connectivity index (χ4n) is 4.14. The maximum absolute atomic E-state index is 13.9. The van der Waals surface area contributed by atoms with Gasteiger partial charge in [0.05, 0.1) is 5.69 Å². The van der Waals surface area contributed by atoms with Gasteiger partial charge in [0, 0.05) is 51.4 Å². The third-order valence-electron chi connectivity index (χ3n) is 5.81. The highest BCUT2D eigenvalue weighted by Crippen LogP contribution is 2.27. The number of fused-ring (bicyclic) bond motifs is 1. The molecule has 0 bridgehead atoms. The van der Waals surface area contributed by atoms with Gasteiger partial charge in [-0.15, -0.1) is 0 Å². The number of nitrogens with one attached hydrogen (secondary N) is 1. The molecule has 0 unspecified atom stereocenters. The number of aryl methyl sites for hydroxylation is 1. The van der Waals surface area contributed by atoms with E-state index in [9.17, 15) is 14.0 Å². The van der Waals surface area contributed by atoms with Crippen LogP contribution in [-0.4, -0.2) is 62.5 Å². The second-order valence-electron chi connectivity index (χ2n) is 7.74. The predicted molar refractivity (Wildman–Crippen MR) is 115 cm³/mol. The highest BCUT2D eigenvalue weighted by molar-refractivity contribution is 6.00. The number of benzene rings is 2. The molecule has 1 saturated heterocycles. The van der Waals surface area contributed by atoms with E-state index >= 15 is 0 Å². The van der Waals surface area contributed by atoms with E-state index in [-0.39, 0.29) is 24.2 Å². The lowest BCUT2D eigenvalue weighted by molar-refractivity contribution is -0.124. The van der Waals surface area contributed by atoms with Crippen molar-refractivity contribution in [2.24, 2.45) is 0 Å². The molecule has 2 aromatic carbocycles. The molecule has 2 aliphatic heterocycles. The van der Waals surface area contributed by atoms with Crippen molar-refractivity contribution in [3.63, 3.8) is 0 Å². The number of piperazine rings is 1. The van der Waals surface area contributed by atoms with Gasteiger partial charge in [-0.3, -0.25) is 14.5 Å². The van der Waals surface area contributed by atoms with Gasteiger partial charge in [-0.1, -0.05) is 30.3 Å². The topological polar surface area (TPSA) is 55.9 Å². The molecular weight excluding hydrogens is 383 g/mol. The van der Waals surface area contributed by atoms with Gasteiger partial charge in [0.1, 0.15) is 12.4 Å². The number of amides is 2. The van der Waals surface area contributed by atoms with Crippen LogP contribution in [0.1, 0.15) is 12.0 Å². The number of hydrogen-bond donors (Lipinski definition) is 1. The van der Waals surface area contributed by atoms with Crippen LogP contribution >= 0.6 is 0 Å². The molecule has 2 amide bonds. The van der Waals surface area contributed by atoms with Gasteiger partial charge in [0.25, 0.3) is 0 Å². The van der Waals surface area contributed by atoms with E-state index in [1.807, 2.05) is 36.4 Å². The molecule has 0 aromatic heterocycles. The number of rotatable bonds is 6. The Hall–Kier alpha value is -2.93. The Balaban J connectivity index is 1.22. The van der Waals surface area contributed by atoms with Crippen molar-refractivity contribution in [1.82, 2.24) is 10.2 Å². The maximum atomic E-state index is 13.9. The van der Waals surface area contributed by atoms with E-state index in [0.29, 0.717) is 18.7 Å². The van der Waals surface area contributed by atoms with E-state index in [1.165, 1.54) is 6.07 Å². The number of carbonyl (C=O) groups is 2. The van der Waals surface area contributed by atoms with Crippen molar-refractivity contribution in [1.29, 1.82) is 0 Å². The van der Waals surface area contributed by atoms with Crippen LogP contribution in [0.4, 0.5) is 15.8 Å². The molecule has 0 saturated carbocycles. The van der Waals surface area contributed by atoms with Crippen molar-refractivity contribution in [3.05, 3.63) is 59.9 Å². The van der Waals surface area contributed by atoms with E-state index in [0.717, 1.165) is 50.4 Å². The number of nitrogens with zero attached hydrogens (tertiary/aromatic N) is 3. The minimum absolute atomic E-state index is 0.00637. The zero-order valence-corrected chi connectivity index (χ0v) is 17.0. The highest BCUT2D eigenvalue weighted by atomic mass is 19.1. The minimum Gasteiger partial charge on any atom is -0.367 e. The minimum atomic E-state index is -0.188. The van der Waals surface area contributed by atoms with Gasteiger partial charge >= 0.3 is 0 Å². The standard InChI is InChI=1S/C23H27FN4O2/c24-19-6-2-4-8-21(19)27-15-13-26(14-16-27)12-11-25-22(29)17-28-20-7-3-1-5-18(20)9-10-23(28)30/h1-8H,9-17H2,(H,25,29). The molecule has 1 fully saturated rings. The number of carbonyl (C=O) groups excluding carboxylic acids is 2. The smallest absolute Gasteiger partial charge is 0.240 e. The number of halogens is 1. The zero-order valence-electron chi connectivity index (χ0n) is 17.0. The zero-order chi connectivity index (χ0) is 20.9. The van der Waals surface area contributed by atoms with Crippen LogP contribution in [0.5, 0.6) is 0 Å². The number of para-hydroxylation sites is 2. The molecule has 0 spiro atoms. The molecule has 6 nitrogen and oxygen atoms in total. The van der Waals surface area contributed by atoms with E-state index in [1.54, 1.807) is 11.0 Å². The summed E-state index contributed by atoms with van der Waals surface area (Å²) in [4.78, 5) is 30.6. The Morgan fingerprint density at radius 3 is 2.40 bits per heavy atom. The first-order chi connectivity index (χ1) is 14.6. The summed E-state index contributed by atoms with van der Waals surface area (Å²) in [5.41, 5.74) is 2.60. The van der Waals surface area contributed by atoms with Crippen LogP contribution < -0.4 is 15.1 Å². The molecule has 30 heavy (non-hydrogen) atoms. The van der Waals surface area contributed by atoms with Gasteiger partial charge in [0.2, 0.25) is 11.8 Å². The largest absolute Gasteiger partial charge is 0.367 e. The molecule has 2 aliphatic rings. The van der Waals surface area contributed by atoms with E-state index in [4.69, 9.17) is 0 Å². The summed E-state index contributed by atoms with van der Waals surface area (Å²) in [6.07, 6.45) is 1.17. The van der Waals surface area contributed by atoms with Crippen LogP contribution in [0.15, 0.2) is 48.5 Å². The molecule has 1 N–H and O–H groups in total. The van der Waals surface area contributed by atoms with Gasteiger partial charge in [-0.05, 0) is 30.2 Å². The molecule has 2 aromatic rings. The molecule has 0 aliphatic carbocycles. The quantitative estimate of drug-likeness (QED) is 0.792. The van der Waals surface area contributed by atoms with Crippen LogP contribution in [0.25, 0.3) is 0 Å². The Kier molecular flexibility index (Phi) is 6.28. The van der Waals surface area contributed by atoms with Crippen molar-refractivity contribution < 1.29 is 14.0 Å². The maximum Gasteiger partial charge on any atom is 0.240 e. The van der Waals surface area contributed by atoms with Gasteiger partial charge < -0.3 is 15.1 Å². The first kappa shape index (κ1) is 20.3. The third-order valence-corrected chi connectivity index (χ3v) is 5.81. The highest BCUT2D eigenvalue weighted by Gasteiger charge is 2.25. The molecule has 158 valence electrons. The second-order valence-corrected chi connectivity index (χ2v) is 7.74. The molecular formula is C23H27FN4O2. The van der Waals surface area contributed by atoms with Crippen molar-refractivity contribution in [3.8, 4) is 0 Å². The number of hydrogen-bond acceptors (Lipinski definition) is 4. The van der Waals surface area contributed by atoms with Gasteiger partial charge in [0.15, 0.2) is 0 Å². The number of anilines is 2. The van der Waals surface area contributed by atoms with Crippen molar-refractivity contribution in [2.75, 3.05) is 55.6 Å². The van der Waals surface area contributed by atoms with Crippen molar-refractivity contribution in [2.45, 2.75) is 12.8 Å². The van der Waals surface area contributed by atoms with Crippen LogP contribution in [-0.2, 0) is 16.0 Å². The second kappa shape index (κ2) is 9.26. The predicted octanol–water partition coefficient (Wildman–Crippen LogP) is 2.04. The molecule has 2 heterocycles. The summed E-state index contributed by atoms with van der Waals surface area (Å²) in [5, 5.41) is 2.93. The molecule has 4 rings (SSSR count). The fourth-order valence-corrected chi connectivity index (χ4v) is 4.14. The Bertz CT molecular complexity index is 912. The summed E-state index contributed by atoms with van der Waals surface area (Å²) in [6, 6.07) is 14.6. The first-order valence-electron chi connectivity index (χ1n) is 10.5. The molecule has 0 atom stereocenters.